The Morgan fingerprint density at radius 2 is 1.81 bits per heavy atom. The Morgan fingerprint density at radius 1 is 1.03 bits per heavy atom. The zero-order valence-electron chi connectivity index (χ0n) is 18.0. The zero-order chi connectivity index (χ0) is 21.4. The number of aromatic amines is 1. The molecule has 160 valence electrons. The van der Waals surface area contributed by atoms with Gasteiger partial charge in [0.05, 0.1) is 18.9 Å². The van der Waals surface area contributed by atoms with E-state index in [-0.39, 0.29) is 0 Å². The van der Waals surface area contributed by atoms with Gasteiger partial charge in [0.1, 0.15) is 5.82 Å². The lowest BCUT2D eigenvalue weighted by Gasteiger charge is -2.35. The minimum Gasteiger partial charge on any atom is -0.481 e. The lowest BCUT2D eigenvalue weighted by molar-refractivity contribution is 0.400. The van der Waals surface area contributed by atoms with Gasteiger partial charge in [-0.1, -0.05) is 13.8 Å². The summed E-state index contributed by atoms with van der Waals surface area (Å²) in [7, 11) is 1.62. The number of piperazine rings is 1. The topological polar surface area (TPSA) is 87.5 Å². The Balaban J connectivity index is 1.37. The summed E-state index contributed by atoms with van der Waals surface area (Å²) in [6.07, 6.45) is 5.49. The maximum Gasteiger partial charge on any atom is 0.221 e. The second-order valence-electron chi connectivity index (χ2n) is 7.98. The molecule has 4 aromatic rings. The number of hydrogen-bond acceptors (Lipinski definition) is 7. The maximum atomic E-state index is 5.43. The highest BCUT2D eigenvalue weighted by molar-refractivity contribution is 5.80. The molecule has 1 aliphatic heterocycles. The van der Waals surface area contributed by atoms with Crippen LogP contribution in [0.15, 0.2) is 42.9 Å². The molecule has 5 heterocycles. The summed E-state index contributed by atoms with van der Waals surface area (Å²) >= 11 is 0. The van der Waals surface area contributed by atoms with E-state index in [2.05, 4.69) is 50.0 Å². The molecular formula is C22H26N8O. The van der Waals surface area contributed by atoms with Crippen LogP contribution in [0.3, 0.4) is 0 Å². The minimum atomic E-state index is 0.446. The van der Waals surface area contributed by atoms with Crippen molar-refractivity contribution in [3.63, 3.8) is 0 Å². The van der Waals surface area contributed by atoms with Crippen LogP contribution in [0, 0.1) is 0 Å². The Hall–Kier alpha value is -3.62. The van der Waals surface area contributed by atoms with Gasteiger partial charge in [-0.3, -0.25) is 5.10 Å². The summed E-state index contributed by atoms with van der Waals surface area (Å²) in [6.45, 7) is 7.90. The third-order valence-corrected chi connectivity index (χ3v) is 5.74. The second-order valence-corrected chi connectivity index (χ2v) is 7.98. The Bertz CT molecular complexity index is 1190. The molecule has 9 nitrogen and oxygen atoms in total. The van der Waals surface area contributed by atoms with Gasteiger partial charge in [0.25, 0.3) is 0 Å². The number of ether oxygens (including phenoxy) is 1. The Kier molecular flexibility index (Phi) is 4.93. The summed E-state index contributed by atoms with van der Waals surface area (Å²) < 4.78 is 7.22. The lowest BCUT2D eigenvalue weighted by atomic mass is 10.1. The van der Waals surface area contributed by atoms with E-state index in [1.807, 2.05) is 30.6 Å². The van der Waals surface area contributed by atoms with Crippen LogP contribution in [0.4, 0.5) is 11.6 Å². The molecule has 1 saturated heterocycles. The van der Waals surface area contributed by atoms with Crippen molar-refractivity contribution in [2.24, 2.45) is 0 Å². The first kappa shape index (κ1) is 19.3. The lowest BCUT2D eigenvalue weighted by Crippen LogP contribution is -2.47. The number of aromatic nitrogens is 6. The molecule has 5 rings (SSSR count). The highest BCUT2D eigenvalue weighted by Gasteiger charge is 2.22. The Labute approximate surface area is 180 Å². The van der Waals surface area contributed by atoms with E-state index in [0.29, 0.717) is 11.8 Å². The largest absolute Gasteiger partial charge is 0.481 e. The average Bonchev–Trinajstić information content (AvgIpc) is 3.46. The molecule has 31 heavy (non-hydrogen) atoms. The van der Waals surface area contributed by atoms with Gasteiger partial charge < -0.3 is 14.5 Å². The van der Waals surface area contributed by atoms with Gasteiger partial charge in [0, 0.05) is 55.9 Å². The number of anilines is 2. The molecule has 0 atom stereocenters. The Morgan fingerprint density at radius 3 is 2.52 bits per heavy atom. The molecule has 0 aliphatic carbocycles. The average molecular weight is 419 g/mol. The van der Waals surface area contributed by atoms with E-state index in [0.717, 1.165) is 54.6 Å². The molecule has 0 bridgehead atoms. The number of methoxy groups -OCH3 is 1. The molecule has 0 aromatic carbocycles. The van der Waals surface area contributed by atoms with Crippen molar-refractivity contribution in [1.82, 2.24) is 29.8 Å². The molecule has 1 N–H and O–H groups in total. The van der Waals surface area contributed by atoms with Crippen LogP contribution in [0.2, 0.25) is 0 Å². The fraction of sp³-hybridized carbons (Fsp3) is 0.364. The summed E-state index contributed by atoms with van der Waals surface area (Å²) in [4.78, 5) is 13.9. The third-order valence-electron chi connectivity index (χ3n) is 5.74. The standard InChI is InChI=1S/C22H26N8O/c1-15(2)18-13-20(27-26-18)29-11-9-28(10-12-29)19-6-8-30-21(25-19)17(14-24-30)16-5-4-7-23-22(16)31-3/h4-8,13-15H,9-12H2,1-3H3,(H,26,27). The van der Waals surface area contributed by atoms with Gasteiger partial charge in [-0.15, -0.1) is 0 Å². The first-order chi connectivity index (χ1) is 15.1. The smallest absolute Gasteiger partial charge is 0.221 e. The van der Waals surface area contributed by atoms with Crippen LogP contribution in [0.5, 0.6) is 5.88 Å². The van der Waals surface area contributed by atoms with Gasteiger partial charge >= 0.3 is 0 Å². The molecule has 1 fully saturated rings. The number of nitrogens with zero attached hydrogens (tertiary/aromatic N) is 7. The van der Waals surface area contributed by atoms with Gasteiger partial charge in [0.2, 0.25) is 5.88 Å². The van der Waals surface area contributed by atoms with Crippen LogP contribution in [-0.4, -0.2) is 63.1 Å². The number of rotatable bonds is 5. The van der Waals surface area contributed by atoms with Crippen LogP contribution < -0.4 is 14.5 Å². The monoisotopic (exact) mass is 418 g/mol. The van der Waals surface area contributed by atoms with E-state index in [4.69, 9.17) is 9.72 Å². The van der Waals surface area contributed by atoms with Crippen molar-refractivity contribution in [3.05, 3.63) is 48.5 Å². The molecule has 0 saturated carbocycles. The molecule has 0 unspecified atom stereocenters. The van der Waals surface area contributed by atoms with Crippen molar-refractivity contribution in [1.29, 1.82) is 0 Å². The van der Waals surface area contributed by atoms with Gasteiger partial charge in [-0.25, -0.2) is 14.5 Å². The molecule has 0 spiro atoms. The number of pyridine rings is 1. The molecule has 4 aromatic heterocycles. The minimum absolute atomic E-state index is 0.446. The van der Waals surface area contributed by atoms with Gasteiger partial charge in [-0.2, -0.15) is 10.2 Å². The number of hydrogen-bond donors (Lipinski definition) is 1. The summed E-state index contributed by atoms with van der Waals surface area (Å²) in [5, 5.41) is 12.1. The first-order valence-electron chi connectivity index (χ1n) is 10.5. The predicted molar refractivity (Wildman–Crippen MR) is 120 cm³/mol. The van der Waals surface area contributed by atoms with Crippen molar-refractivity contribution in [3.8, 4) is 17.0 Å². The zero-order valence-corrected chi connectivity index (χ0v) is 18.0. The first-order valence-corrected chi connectivity index (χ1v) is 10.5. The highest BCUT2D eigenvalue weighted by atomic mass is 16.5. The molecule has 0 amide bonds. The van der Waals surface area contributed by atoms with E-state index in [1.54, 1.807) is 17.8 Å². The summed E-state index contributed by atoms with van der Waals surface area (Å²) in [5.41, 5.74) is 3.75. The summed E-state index contributed by atoms with van der Waals surface area (Å²) in [6, 6.07) is 8.05. The molecule has 0 radical (unpaired) electrons. The highest BCUT2D eigenvalue weighted by Crippen LogP contribution is 2.31. The van der Waals surface area contributed by atoms with Crippen molar-refractivity contribution < 1.29 is 4.74 Å². The quantitative estimate of drug-likeness (QED) is 0.533. The third kappa shape index (κ3) is 3.56. The van der Waals surface area contributed by atoms with Crippen molar-refractivity contribution in [2.75, 3.05) is 43.1 Å². The van der Waals surface area contributed by atoms with E-state index in [9.17, 15) is 0 Å². The molecule has 9 heteroatoms. The van der Waals surface area contributed by atoms with Crippen LogP contribution in [0.1, 0.15) is 25.5 Å². The number of fused-ring (bicyclic) bond motifs is 1. The molecular weight excluding hydrogens is 392 g/mol. The maximum absolute atomic E-state index is 5.43. The fourth-order valence-corrected chi connectivity index (χ4v) is 3.93. The van der Waals surface area contributed by atoms with E-state index < -0.39 is 0 Å². The van der Waals surface area contributed by atoms with Crippen molar-refractivity contribution in [2.45, 2.75) is 19.8 Å². The fourth-order valence-electron chi connectivity index (χ4n) is 3.93. The second kappa shape index (κ2) is 7.90. The van der Waals surface area contributed by atoms with Crippen LogP contribution >= 0.6 is 0 Å². The summed E-state index contributed by atoms with van der Waals surface area (Å²) in [5.74, 6) is 2.98. The van der Waals surface area contributed by atoms with Crippen LogP contribution in [-0.2, 0) is 0 Å². The van der Waals surface area contributed by atoms with Gasteiger partial charge in [-0.05, 0) is 24.1 Å². The van der Waals surface area contributed by atoms with Crippen molar-refractivity contribution >= 4 is 17.3 Å². The van der Waals surface area contributed by atoms with Gasteiger partial charge in [0.15, 0.2) is 11.5 Å². The predicted octanol–water partition coefficient (Wildman–Crippen LogP) is 2.97. The number of nitrogens with one attached hydrogen (secondary N) is 1. The normalized spacial score (nSPS) is 14.6. The SMILES string of the molecule is COc1ncccc1-c1cnn2ccc(N3CCN(c4cc(C(C)C)[nH]n4)CC3)nc12. The number of H-pyrrole nitrogens is 1. The van der Waals surface area contributed by atoms with Crippen LogP contribution in [0.25, 0.3) is 16.8 Å². The van der Waals surface area contributed by atoms with E-state index in [1.165, 1.54) is 5.69 Å². The van der Waals surface area contributed by atoms with E-state index >= 15 is 0 Å². The molecule has 1 aliphatic rings.